The average molecular weight is 373 g/mol. The van der Waals surface area contributed by atoms with Crippen LogP contribution in [0.4, 0.5) is 20.6 Å². The van der Waals surface area contributed by atoms with Crippen LogP contribution >= 0.6 is 0 Å². The van der Waals surface area contributed by atoms with E-state index in [0.29, 0.717) is 50.6 Å². The number of halogens is 1. The van der Waals surface area contributed by atoms with Crippen molar-refractivity contribution in [3.05, 3.63) is 53.8 Å². The van der Waals surface area contributed by atoms with E-state index in [4.69, 9.17) is 9.47 Å². The summed E-state index contributed by atoms with van der Waals surface area (Å²) in [6, 6.07) is 12.1. The zero-order valence-corrected chi connectivity index (χ0v) is 15.3. The number of urea groups is 1. The molecule has 3 rings (SSSR count). The lowest BCUT2D eigenvalue weighted by Crippen LogP contribution is -2.36. The smallest absolute Gasteiger partial charge is 0.319 e. The number of nitrogens with one attached hydrogen (secondary N) is 2. The fourth-order valence-corrected chi connectivity index (χ4v) is 2.93. The molecule has 7 heteroatoms. The van der Waals surface area contributed by atoms with Crippen molar-refractivity contribution in [3.8, 4) is 5.75 Å². The molecule has 0 aliphatic carbocycles. The van der Waals surface area contributed by atoms with Gasteiger partial charge in [0, 0.05) is 25.3 Å². The molecular weight excluding hydrogens is 349 g/mol. The van der Waals surface area contributed by atoms with Gasteiger partial charge in [-0.05, 0) is 42.3 Å². The number of benzene rings is 2. The molecule has 1 aliphatic rings. The molecule has 2 amide bonds. The molecule has 0 radical (unpaired) electrons. The predicted octanol–water partition coefficient (Wildman–Crippen LogP) is 3.04. The van der Waals surface area contributed by atoms with Crippen LogP contribution in [0.3, 0.4) is 0 Å². The topological polar surface area (TPSA) is 62.8 Å². The summed E-state index contributed by atoms with van der Waals surface area (Å²) < 4.78 is 24.8. The molecule has 1 heterocycles. The van der Waals surface area contributed by atoms with Crippen molar-refractivity contribution in [2.45, 2.75) is 6.42 Å². The van der Waals surface area contributed by atoms with Gasteiger partial charge in [-0.1, -0.05) is 12.1 Å². The van der Waals surface area contributed by atoms with Gasteiger partial charge in [0.1, 0.15) is 11.6 Å². The molecule has 27 heavy (non-hydrogen) atoms. The van der Waals surface area contributed by atoms with Gasteiger partial charge in [0.05, 0.1) is 26.0 Å². The lowest BCUT2D eigenvalue weighted by atomic mass is 10.1. The fourth-order valence-electron chi connectivity index (χ4n) is 2.93. The van der Waals surface area contributed by atoms with Crippen molar-refractivity contribution >= 4 is 17.4 Å². The summed E-state index contributed by atoms with van der Waals surface area (Å²) in [6.45, 7) is 2.99. The minimum atomic E-state index is -0.359. The number of anilines is 2. The first kappa shape index (κ1) is 19.0. The first-order valence-electron chi connectivity index (χ1n) is 8.96. The highest BCUT2D eigenvalue weighted by Crippen LogP contribution is 2.23. The number of morpholine rings is 1. The molecule has 1 aliphatic heterocycles. The van der Waals surface area contributed by atoms with Crippen molar-refractivity contribution in [3.63, 3.8) is 0 Å². The SMILES string of the molecule is COc1ccc(CCNC(=O)Nc2ccc(N3CCOCC3)c(F)c2)cc1. The Balaban J connectivity index is 1.47. The van der Waals surface area contributed by atoms with Crippen LogP contribution in [-0.4, -0.2) is 46.0 Å². The maximum atomic E-state index is 14.4. The number of ether oxygens (including phenoxy) is 2. The van der Waals surface area contributed by atoms with Crippen LogP contribution in [0.15, 0.2) is 42.5 Å². The number of carbonyl (C=O) groups is 1. The summed E-state index contributed by atoms with van der Waals surface area (Å²) in [5.41, 5.74) is 2.05. The second kappa shape index (κ2) is 9.23. The van der Waals surface area contributed by atoms with Gasteiger partial charge in [0.25, 0.3) is 0 Å². The molecule has 0 aromatic heterocycles. The highest BCUT2D eigenvalue weighted by atomic mass is 19.1. The zero-order chi connectivity index (χ0) is 19.1. The summed E-state index contributed by atoms with van der Waals surface area (Å²) >= 11 is 0. The third kappa shape index (κ3) is 5.34. The van der Waals surface area contributed by atoms with Crippen molar-refractivity contribution < 1.29 is 18.7 Å². The third-order valence-corrected chi connectivity index (χ3v) is 4.42. The fraction of sp³-hybridized carbons (Fsp3) is 0.350. The monoisotopic (exact) mass is 373 g/mol. The quantitative estimate of drug-likeness (QED) is 0.817. The van der Waals surface area contributed by atoms with Crippen LogP contribution in [0.5, 0.6) is 5.75 Å². The van der Waals surface area contributed by atoms with E-state index >= 15 is 0 Å². The van der Waals surface area contributed by atoms with Crippen LogP contribution in [0, 0.1) is 5.82 Å². The summed E-state index contributed by atoms with van der Waals surface area (Å²) in [4.78, 5) is 14.0. The Labute approximate surface area is 158 Å². The molecule has 6 nitrogen and oxygen atoms in total. The number of rotatable bonds is 6. The van der Waals surface area contributed by atoms with E-state index in [0.717, 1.165) is 11.3 Å². The van der Waals surface area contributed by atoms with Crippen molar-refractivity contribution in [2.24, 2.45) is 0 Å². The minimum absolute atomic E-state index is 0.354. The Kier molecular flexibility index (Phi) is 6.49. The van der Waals surface area contributed by atoms with Gasteiger partial charge in [-0.3, -0.25) is 0 Å². The molecule has 0 unspecified atom stereocenters. The first-order chi connectivity index (χ1) is 13.2. The number of nitrogens with zero attached hydrogens (tertiary/aromatic N) is 1. The van der Waals surface area contributed by atoms with Crippen molar-refractivity contribution in [2.75, 3.05) is 50.2 Å². The van der Waals surface area contributed by atoms with E-state index < -0.39 is 0 Å². The highest BCUT2D eigenvalue weighted by Gasteiger charge is 2.15. The number of hydrogen-bond donors (Lipinski definition) is 2. The number of methoxy groups -OCH3 is 1. The minimum Gasteiger partial charge on any atom is -0.497 e. The van der Waals surface area contributed by atoms with E-state index in [-0.39, 0.29) is 11.8 Å². The van der Waals surface area contributed by atoms with Gasteiger partial charge in [-0.25, -0.2) is 9.18 Å². The van der Waals surface area contributed by atoms with Gasteiger partial charge in [0.15, 0.2) is 0 Å². The van der Waals surface area contributed by atoms with E-state index in [1.54, 1.807) is 19.2 Å². The summed E-state index contributed by atoms with van der Waals surface area (Å²) in [5.74, 6) is 0.444. The predicted molar refractivity (Wildman–Crippen MR) is 103 cm³/mol. The molecular formula is C20H24FN3O3. The molecule has 2 aromatic carbocycles. The molecule has 0 atom stereocenters. The normalized spacial score (nSPS) is 13.9. The van der Waals surface area contributed by atoms with Gasteiger partial charge in [0.2, 0.25) is 0 Å². The molecule has 144 valence electrons. The molecule has 1 fully saturated rings. The molecule has 0 saturated carbocycles. The summed E-state index contributed by atoms with van der Waals surface area (Å²) in [7, 11) is 1.62. The van der Waals surface area contributed by atoms with Crippen LogP contribution in [0.1, 0.15) is 5.56 Å². The maximum Gasteiger partial charge on any atom is 0.319 e. The maximum absolute atomic E-state index is 14.4. The standard InChI is InChI=1S/C20H24FN3O3/c1-26-17-5-2-15(3-6-17)8-9-22-20(25)23-16-4-7-19(18(21)14-16)24-10-12-27-13-11-24/h2-7,14H,8-13H2,1H3,(H2,22,23,25). The number of amides is 2. The lowest BCUT2D eigenvalue weighted by molar-refractivity contribution is 0.122. The molecule has 2 N–H and O–H groups in total. The second-order valence-corrected chi connectivity index (χ2v) is 6.24. The van der Waals surface area contributed by atoms with E-state index in [1.807, 2.05) is 29.2 Å². The Bertz CT molecular complexity index is 762. The van der Waals surface area contributed by atoms with Gasteiger partial charge < -0.3 is 25.0 Å². The molecule has 2 aromatic rings. The zero-order valence-electron chi connectivity index (χ0n) is 15.3. The third-order valence-electron chi connectivity index (χ3n) is 4.42. The van der Waals surface area contributed by atoms with E-state index in [9.17, 15) is 9.18 Å². The van der Waals surface area contributed by atoms with Gasteiger partial charge in [-0.15, -0.1) is 0 Å². The Morgan fingerprint density at radius 1 is 1.19 bits per heavy atom. The van der Waals surface area contributed by atoms with Crippen LogP contribution in [-0.2, 0) is 11.2 Å². The summed E-state index contributed by atoms with van der Waals surface area (Å²) in [6.07, 6.45) is 0.696. The van der Waals surface area contributed by atoms with Crippen LogP contribution in [0.2, 0.25) is 0 Å². The number of hydrogen-bond acceptors (Lipinski definition) is 4. The average Bonchev–Trinajstić information content (AvgIpc) is 2.69. The Hall–Kier alpha value is -2.80. The van der Waals surface area contributed by atoms with Crippen molar-refractivity contribution in [1.82, 2.24) is 5.32 Å². The van der Waals surface area contributed by atoms with Crippen LogP contribution in [0.25, 0.3) is 0 Å². The molecule has 0 spiro atoms. The first-order valence-corrected chi connectivity index (χ1v) is 8.96. The number of carbonyl (C=O) groups excluding carboxylic acids is 1. The van der Waals surface area contributed by atoms with Crippen LogP contribution < -0.4 is 20.3 Å². The van der Waals surface area contributed by atoms with E-state index in [2.05, 4.69) is 10.6 Å². The van der Waals surface area contributed by atoms with Gasteiger partial charge in [-0.2, -0.15) is 0 Å². The molecule has 1 saturated heterocycles. The summed E-state index contributed by atoms with van der Waals surface area (Å²) in [5, 5.41) is 5.44. The lowest BCUT2D eigenvalue weighted by Gasteiger charge is -2.29. The Morgan fingerprint density at radius 3 is 2.59 bits per heavy atom. The van der Waals surface area contributed by atoms with E-state index in [1.165, 1.54) is 6.07 Å². The van der Waals surface area contributed by atoms with Gasteiger partial charge >= 0.3 is 6.03 Å². The molecule has 0 bridgehead atoms. The largest absolute Gasteiger partial charge is 0.497 e. The second-order valence-electron chi connectivity index (χ2n) is 6.24. The van der Waals surface area contributed by atoms with Crippen molar-refractivity contribution in [1.29, 1.82) is 0 Å². The highest BCUT2D eigenvalue weighted by molar-refractivity contribution is 5.89. The Morgan fingerprint density at radius 2 is 1.93 bits per heavy atom.